The largest absolute Gasteiger partial charge is 0.241 e. The van der Waals surface area contributed by atoms with Gasteiger partial charge >= 0.3 is 0 Å². The van der Waals surface area contributed by atoms with Gasteiger partial charge in [-0.1, -0.05) is 82.6 Å². The Kier molecular flexibility index (Phi) is 8.38. The third-order valence-electron chi connectivity index (χ3n) is 4.29. The Bertz CT molecular complexity index is 541. The number of aryl methyl sites for hydroxylation is 1. The van der Waals surface area contributed by atoms with Gasteiger partial charge in [0.25, 0.3) is 0 Å². The van der Waals surface area contributed by atoms with Gasteiger partial charge in [-0.15, -0.1) is 11.3 Å². The molecule has 0 fully saturated rings. The molecule has 0 atom stereocenters. The van der Waals surface area contributed by atoms with Crippen LogP contribution >= 0.6 is 11.3 Å². The summed E-state index contributed by atoms with van der Waals surface area (Å²) in [6.07, 6.45) is 13.6. The first-order chi connectivity index (χ1) is 11.3. The Hall–Kier alpha value is -1.15. The van der Waals surface area contributed by atoms with Gasteiger partial charge in [-0.3, -0.25) is 0 Å². The summed E-state index contributed by atoms with van der Waals surface area (Å²) in [4.78, 5) is 4.78. The van der Waals surface area contributed by atoms with E-state index in [9.17, 15) is 0 Å². The predicted molar refractivity (Wildman–Crippen MR) is 103 cm³/mol. The predicted octanol–water partition coefficient (Wildman–Crippen LogP) is 7.07. The van der Waals surface area contributed by atoms with Crippen molar-refractivity contribution in [3.8, 4) is 10.6 Å². The van der Waals surface area contributed by atoms with E-state index in [-0.39, 0.29) is 0 Å². The quantitative estimate of drug-likeness (QED) is 0.402. The van der Waals surface area contributed by atoms with E-state index in [1.807, 2.05) is 0 Å². The zero-order valence-corrected chi connectivity index (χ0v) is 15.3. The number of aromatic nitrogens is 1. The second kappa shape index (κ2) is 10.6. The molecule has 0 unspecified atom stereocenters. The lowest BCUT2D eigenvalue weighted by Crippen LogP contribution is -1.87. The molecule has 1 heterocycles. The lowest BCUT2D eigenvalue weighted by atomic mass is 10.1. The summed E-state index contributed by atoms with van der Waals surface area (Å²) in [7, 11) is 0. The molecule has 2 aromatic rings. The lowest BCUT2D eigenvalue weighted by Gasteiger charge is -2.01. The number of nitrogens with zero attached hydrogens (tertiary/aromatic N) is 1. The maximum Gasteiger partial charge on any atom is 0.123 e. The number of unbranched alkanes of at least 4 members (excludes halogenated alkanes) is 8. The first-order valence-corrected chi connectivity index (χ1v) is 10.0. The second-order valence-electron chi connectivity index (χ2n) is 6.42. The maximum absolute atomic E-state index is 4.78. The third kappa shape index (κ3) is 6.87. The molecule has 1 nitrogen and oxygen atoms in total. The van der Waals surface area contributed by atoms with Gasteiger partial charge in [0, 0.05) is 10.9 Å². The summed E-state index contributed by atoms with van der Waals surface area (Å²) < 4.78 is 0. The summed E-state index contributed by atoms with van der Waals surface area (Å²) in [6, 6.07) is 8.33. The highest BCUT2D eigenvalue weighted by atomic mass is 32.1. The monoisotopic (exact) mass is 328 g/mol. The minimum absolute atomic E-state index is 1.06. The molecular formula is C21H30NS. The molecular weight excluding hydrogens is 298 g/mol. The van der Waals surface area contributed by atoms with Gasteiger partial charge in [0.2, 0.25) is 0 Å². The van der Waals surface area contributed by atoms with Crippen molar-refractivity contribution in [1.82, 2.24) is 4.98 Å². The first kappa shape index (κ1) is 18.2. The molecule has 23 heavy (non-hydrogen) atoms. The molecule has 0 N–H and O–H groups in total. The molecule has 1 aromatic heterocycles. The fourth-order valence-electron chi connectivity index (χ4n) is 2.82. The van der Waals surface area contributed by atoms with Gasteiger partial charge in [-0.2, -0.15) is 0 Å². The Morgan fingerprint density at radius 2 is 1.48 bits per heavy atom. The van der Waals surface area contributed by atoms with Crippen molar-refractivity contribution >= 4 is 11.3 Å². The Morgan fingerprint density at radius 1 is 0.870 bits per heavy atom. The van der Waals surface area contributed by atoms with E-state index in [4.69, 9.17) is 4.98 Å². The van der Waals surface area contributed by atoms with Crippen LogP contribution in [0.4, 0.5) is 0 Å². The fraction of sp³-hybridized carbons (Fsp3) is 0.524. The zero-order chi connectivity index (χ0) is 16.3. The smallest absolute Gasteiger partial charge is 0.123 e. The van der Waals surface area contributed by atoms with E-state index in [1.165, 1.54) is 69.0 Å². The Morgan fingerprint density at radius 3 is 2.13 bits per heavy atom. The first-order valence-electron chi connectivity index (χ1n) is 9.16. The van der Waals surface area contributed by atoms with E-state index >= 15 is 0 Å². The summed E-state index contributed by atoms with van der Waals surface area (Å²) in [5.41, 5.74) is 3.52. The van der Waals surface area contributed by atoms with Crippen molar-refractivity contribution in [2.75, 3.05) is 0 Å². The second-order valence-corrected chi connectivity index (χ2v) is 7.28. The average molecular weight is 329 g/mol. The summed E-state index contributed by atoms with van der Waals surface area (Å²) >= 11 is 1.76. The van der Waals surface area contributed by atoms with Gasteiger partial charge in [0.1, 0.15) is 5.01 Å². The molecule has 125 valence electrons. The molecule has 0 amide bonds. The van der Waals surface area contributed by atoms with Crippen LogP contribution in [0.2, 0.25) is 0 Å². The number of benzene rings is 1. The summed E-state index contributed by atoms with van der Waals surface area (Å²) in [5.74, 6) is 0. The average Bonchev–Trinajstić information content (AvgIpc) is 3.03. The van der Waals surface area contributed by atoms with Crippen molar-refractivity contribution in [2.24, 2.45) is 0 Å². The van der Waals surface area contributed by atoms with Gasteiger partial charge in [-0.25, -0.2) is 4.98 Å². The zero-order valence-electron chi connectivity index (χ0n) is 14.5. The fourth-order valence-corrected chi connectivity index (χ4v) is 3.68. The molecule has 0 aliphatic heterocycles. The minimum Gasteiger partial charge on any atom is -0.241 e. The molecule has 0 aliphatic rings. The van der Waals surface area contributed by atoms with Crippen molar-refractivity contribution in [3.05, 3.63) is 47.8 Å². The Balaban J connectivity index is 1.61. The van der Waals surface area contributed by atoms with Crippen LogP contribution in [0.1, 0.15) is 76.0 Å². The molecule has 2 rings (SSSR count). The van der Waals surface area contributed by atoms with Crippen LogP contribution in [0.15, 0.2) is 29.6 Å². The lowest BCUT2D eigenvalue weighted by molar-refractivity contribution is 0.564. The Labute approximate surface area is 146 Å². The van der Waals surface area contributed by atoms with Crippen LogP contribution < -0.4 is 0 Å². The van der Waals surface area contributed by atoms with E-state index in [0.29, 0.717) is 0 Å². The van der Waals surface area contributed by atoms with E-state index in [1.54, 1.807) is 11.3 Å². The SMILES string of the molecule is [CH2]c1ccc(-c2nc(CCCCCCCCCCC)cs2)cc1. The molecule has 1 aromatic carbocycles. The molecule has 0 spiro atoms. The topological polar surface area (TPSA) is 12.9 Å². The third-order valence-corrected chi connectivity index (χ3v) is 5.23. The molecule has 1 radical (unpaired) electrons. The number of hydrogen-bond donors (Lipinski definition) is 0. The minimum atomic E-state index is 1.06. The maximum atomic E-state index is 4.78. The van der Waals surface area contributed by atoms with Crippen LogP contribution in [0.25, 0.3) is 10.6 Å². The van der Waals surface area contributed by atoms with Crippen LogP contribution in [0.5, 0.6) is 0 Å². The van der Waals surface area contributed by atoms with Gasteiger partial charge < -0.3 is 0 Å². The standard InChI is InChI=1S/C21H30NS/c1-3-4-5-6-7-8-9-10-11-12-20-17-23-21(22-20)19-15-13-18(2)14-16-19/h13-17H,2-12H2,1H3. The van der Waals surface area contributed by atoms with Gasteiger partial charge in [-0.05, 0) is 25.3 Å². The van der Waals surface area contributed by atoms with Crippen molar-refractivity contribution in [3.63, 3.8) is 0 Å². The highest BCUT2D eigenvalue weighted by Gasteiger charge is 2.04. The van der Waals surface area contributed by atoms with Crippen molar-refractivity contribution < 1.29 is 0 Å². The van der Waals surface area contributed by atoms with Crippen LogP contribution in [-0.4, -0.2) is 4.98 Å². The summed E-state index contributed by atoms with van der Waals surface area (Å²) in [6.45, 7) is 6.21. The number of rotatable bonds is 11. The van der Waals surface area contributed by atoms with Crippen LogP contribution in [0, 0.1) is 6.92 Å². The normalized spacial score (nSPS) is 11.0. The molecule has 0 bridgehead atoms. The molecule has 0 aliphatic carbocycles. The highest BCUT2D eigenvalue weighted by Crippen LogP contribution is 2.24. The van der Waals surface area contributed by atoms with E-state index in [0.717, 1.165) is 17.0 Å². The molecule has 2 heteroatoms. The van der Waals surface area contributed by atoms with E-state index in [2.05, 4.69) is 43.5 Å². The highest BCUT2D eigenvalue weighted by molar-refractivity contribution is 7.13. The van der Waals surface area contributed by atoms with Crippen molar-refractivity contribution in [1.29, 1.82) is 0 Å². The number of thiazole rings is 1. The molecule has 0 saturated heterocycles. The van der Waals surface area contributed by atoms with Crippen molar-refractivity contribution in [2.45, 2.75) is 71.1 Å². The van der Waals surface area contributed by atoms with Gasteiger partial charge in [0.15, 0.2) is 0 Å². The van der Waals surface area contributed by atoms with Crippen LogP contribution in [0.3, 0.4) is 0 Å². The van der Waals surface area contributed by atoms with Crippen LogP contribution in [-0.2, 0) is 6.42 Å². The summed E-state index contributed by atoms with van der Waals surface area (Å²) in [5, 5.41) is 3.36. The molecule has 0 saturated carbocycles. The van der Waals surface area contributed by atoms with Gasteiger partial charge in [0.05, 0.1) is 5.69 Å². The van der Waals surface area contributed by atoms with E-state index < -0.39 is 0 Å². The number of hydrogen-bond acceptors (Lipinski definition) is 2.